The molecule has 0 spiro atoms. The Morgan fingerprint density at radius 2 is 2.62 bits per heavy atom. The van der Waals surface area contributed by atoms with Gasteiger partial charge in [-0.05, 0) is 0 Å². The molecular weight excluding hydrogens is 136 g/mol. The lowest BCUT2D eigenvalue weighted by atomic mass is 10.3. The first-order valence-corrected chi connectivity index (χ1v) is 4.82. The molecule has 1 unspecified atom stereocenters. The molecule has 0 aromatic rings. The maximum absolute atomic E-state index is 5.14. The van der Waals surface area contributed by atoms with E-state index < -0.39 is 0 Å². The Kier molecular flexibility index (Phi) is 1.82. The molecule has 0 saturated heterocycles. The van der Waals surface area contributed by atoms with Crippen LogP contribution < -0.4 is 0 Å². The third-order valence-corrected chi connectivity index (χ3v) is 2.95. The molecule has 0 saturated carbocycles. The maximum Gasteiger partial charge on any atom is 0.0310 e. The fraction of sp³-hybridized carbons (Fsp3) is 0.333. The summed E-state index contributed by atoms with van der Waals surface area (Å²) < 4.78 is 0. The van der Waals surface area contributed by atoms with Crippen molar-refractivity contribution in [3.8, 4) is 12.3 Å². The van der Waals surface area contributed by atoms with E-state index in [0.29, 0.717) is 0 Å². The molecule has 1 rings (SSSR count). The molecule has 0 nitrogen and oxygen atoms in total. The fourth-order valence-corrected chi connectivity index (χ4v) is 2.22. The van der Waals surface area contributed by atoms with Crippen molar-refractivity contribution in [3.63, 3.8) is 0 Å². The van der Waals surface area contributed by atoms with Gasteiger partial charge in [-0.25, -0.2) is 0 Å². The zero-order chi connectivity index (χ0) is 5.98. The van der Waals surface area contributed by atoms with Crippen molar-refractivity contribution in [2.45, 2.75) is 0 Å². The van der Waals surface area contributed by atoms with E-state index in [2.05, 4.69) is 12.0 Å². The first kappa shape index (κ1) is 6.00. The number of terminal acetylenes is 1. The van der Waals surface area contributed by atoms with Crippen LogP contribution in [-0.4, -0.2) is 11.5 Å². The third-order valence-electron chi connectivity index (χ3n) is 1.02. The molecule has 1 heterocycles. The topological polar surface area (TPSA) is 0 Å². The van der Waals surface area contributed by atoms with Gasteiger partial charge in [-0.1, -0.05) is 23.2 Å². The Bertz CT molecular complexity index is 183. The molecule has 1 atom stereocenters. The molecule has 0 aromatic carbocycles. The van der Waals surface area contributed by atoms with Gasteiger partial charge in [0, 0.05) is 17.1 Å². The monoisotopic (exact) mass is 142 g/mol. The van der Waals surface area contributed by atoms with Crippen LogP contribution in [0.3, 0.4) is 0 Å². The highest BCUT2D eigenvalue weighted by molar-refractivity contribution is 8.29. The minimum atomic E-state index is 0.145. The Labute approximate surface area is 56.6 Å². The second kappa shape index (κ2) is 2.43. The van der Waals surface area contributed by atoms with E-state index >= 15 is 0 Å². The quantitative estimate of drug-likeness (QED) is 0.447. The van der Waals surface area contributed by atoms with Crippen LogP contribution in [0.5, 0.6) is 0 Å². The zero-order valence-corrected chi connectivity index (χ0v) is 6.02. The fourth-order valence-electron chi connectivity index (χ4n) is 0.585. The van der Waals surface area contributed by atoms with Crippen molar-refractivity contribution in [3.05, 3.63) is 11.6 Å². The van der Waals surface area contributed by atoms with Crippen LogP contribution in [0.2, 0.25) is 0 Å². The molecular formula is C6H6S2. The van der Waals surface area contributed by atoms with Crippen molar-refractivity contribution in [2.24, 2.45) is 0 Å². The number of hydrogen-bond acceptors (Lipinski definition) is 1. The lowest BCUT2D eigenvalue weighted by molar-refractivity contribution is 1.63. The lowest BCUT2D eigenvalue weighted by Crippen LogP contribution is -1.88. The van der Waals surface area contributed by atoms with Gasteiger partial charge in [-0.3, -0.25) is 0 Å². The summed E-state index contributed by atoms with van der Waals surface area (Å²) in [6.07, 6.45) is 7.20. The van der Waals surface area contributed by atoms with Gasteiger partial charge in [0.05, 0.1) is 0 Å². The molecule has 0 bridgehead atoms. The molecule has 0 N–H and O–H groups in total. The summed E-state index contributed by atoms with van der Waals surface area (Å²) in [6, 6.07) is 0. The lowest BCUT2D eigenvalue weighted by Gasteiger charge is -1.85. The van der Waals surface area contributed by atoms with Crippen LogP contribution in [-0.2, 0) is 20.6 Å². The van der Waals surface area contributed by atoms with E-state index in [1.165, 1.54) is 0 Å². The highest BCUT2D eigenvalue weighted by atomic mass is 32.8. The molecule has 0 aromatic heterocycles. The average molecular weight is 142 g/mol. The van der Waals surface area contributed by atoms with Crippen LogP contribution in [0, 0.1) is 12.3 Å². The minimum absolute atomic E-state index is 0.145. The number of rotatable bonds is 0. The molecule has 0 radical (unpaired) electrons. The van der Waals surface area contributed by atoms with Crippen LogP contribution >= 0.6 is 0 Å². The molecule has 0 aliphatic carbocycles. The summed E-state index contributed by atoms with van der Waals surface area (Å²) in [6.45, 7) is 0. The summed E-state index contributed by atoms with van der Waals surface area (Å²) in [7, 11) is 0.145. The predicted octanol–water partition coefficient (Wildman–Crippen LogP) is 0.640. The van der Waals surface area contributed by atoms with Gasteiger partial charge < -0.3 is 0 Å². The average Bonchev–Trinajstić information content (AvgIpc) is 2.14. The second-order valence-electron chi connectivity index (χ2n) is 1.62. The van der Waals surface area contributed by atoms with Crippen molar-refractivity contribution >= 4 is 20.6 Å². The summed E-state index contributed by atoms with van der Waals surface area (Å²) in [5.74, 6) is 4.58. The van der Waals surface area contributed by atoms with E-state index in [0.717, 1.165) is 17.1 Å². The first-order valence-electron chi connectivity index (χ1n) is 2.33. The smallest absolute Gasteiger partial charge is 0.0310 e. The van der Waals surface area contributed by atoms with Crippen LogP contribution in [0.4, 0.5) is 0 Å². The standard InChI is InChI=1S/C6H6S2/c1-2-6-3-4-8(7)5-6/h1,3H,4-5H2. The SMILES string of the molecule is C#CC1=CCS(=S)C1. The van der Waals surface area contributed by atoms with Crippen LogP contribution in [0.15, 0.2) is 11.6 Å². The van der Waals surface area contributed by atoms with Gasteiger partial charge in [0.15, 0.2) is 0 Å². The van der Waals surface area contributed by atoms with Crippen LogP contribution in [0.25, 0.3) is 0 Å². The third kappa shape index (κ3) is 1.18. The van der Waals surface area contributed by atoms with Gasteiger partial charge in [0.2, 0.25) is 0 Å². The predicted molar refractivity (Wildman–Crippen MR) is 41.4 cm³/mol. The van der Waals surface area contributed by atoms with E-state index in [9.17, 15) is 0 Å². The molecule has 8 heavy (non-hydrogen) atoms. The van der Waals surface area contributed by atoms with E-state index in [4.69, 9.17) is 17.6 Å². The van der Waals surface area contributed by atoms with Crippen molar-refractivity contribution in [1.29, 1.82) is 0 Å². The molecule has 0 fully saturated rings. The minimum Gasteiger partial charge on any atom is -0.115 e. The zero-order valence-electron chi connectivity index (χ0n) is 4.39. The highest BCUT2D eigenvalue weighted by Gasteiger charge is 2.03. The van der Waals surface area contributed by atoms with Crippen molar-refractivity contribution in [1.82, 2.24) is 0 Å². The summed E-state index contributed by atoms with van der Waals surface area (Å²) in [5, 5.41) is 0. The summed E-state index contributed by atoms with van der Waals surface area (Å²) in [5.41, 5.74) is 1.10. The Balaban J connectivity index is 2.66. The first-order chi connectivity index (χ1) is 3.83. The van der Waals surface area contributed by atoms with Gasteiger partial charge in [0.1, 0.15) is 0 Å². The van der Waals surface area contributed by atoms with E-state index in [-0.39, 0.29) is 9.45 Å². The molecule has 0 amide bonds. The van der Waals surface area contributed by atoms with Gasteiger partial charge >= 0.3 is 0 Å². The Morgan fingerprint density at radius 3 is 2.88 bits per heavy atom. The maximum atomic E-state index is 5.14. The van der Waals surface area contributed by atoms with Crippen molar-refractivity contribution in [2.75, 3.05) is 11.5 Å². The van der Waals surface area contributed by atoms with Gasteiger partial charge in [-0.2, -0.15) is 0 Å². The summed E-state index contributed by atoms with van der Waals surface area (Å²) in [4.78, 5) is 0. The molecule has 1 aliphatic heterocycles. The van der Waals surface area contributed by atoms with Gasteiger partial charge in [0.25, 0.3) is 0 Å². The molecule has 42 valence electrons. The molecule has 2 heteroatoms. The second-order valence-corrected chi connectivity index (χ2v) is 4.54. The van der Waals surface area contributed by atoms with E-state index in [1.54, 1.807) is 0 Å². The molecule has 1 aliphatic rings. The van der Waals surface area contributed by atoms with E-state index in [1.807, 2.05) is 0 Å². The summed E-state index contributed by atoms with van der Waals surface area (Å²) >= 11 is 5.03. The number of hydrogen-bond donors (Lipinski definition) is 0. The Morgan fingerprint density at radius 1 is 1.88 bits per heavy atom. The highest BCUT2D eigenvalue weighted by Crippen LogP contribution is 2.05. The largest absolute Gasteiger partial charge is 0.115 e. The normalized spacial score (nSPS) is 26.9. The van der Waals surface area contributed by atoms with Crippen molar-refractivity contribution < 1.29 is 0 Å². The van der Waals surface area contributed by atoms with Crippen LogP contribution in [0.1, 0.15) is 0 Å². The Hall–Kier alpha value is -0.130. The van der Waals surface area contributed by atoms with Gasteiger partial charge in [-0.15, -0.1) is 15.9 Å².